The van der Waals surface area contributed by atoms with E-state index in [9.17, 15) is 4.79 Å². The molecule has 0 aromatic rings. The van der Waals surface area contributed by atoms with Crippen LogP contribution in [0.2, 0.25) is 5.82 Å². The minimum absolute atomic E-state index is 0.0486. The van der Waals surface area contributed by atoms with Crippen LogP contribution >= 0.6 is 0 Å². The van der Waals surface area contributed by atoms with Crippen LogP contribution in [-0.2, 0) is 4.79 Å². The molecule has 9 heavy (non-hydrogen) atoms. The summed E-state index contributed by atoms with van der Waals surface area (Å²) in [6.45, 7) is 0. The number of rotatable bonds is 0. The van der Waals surface area contributed by atoms with Gasteiger partial charge in [0.2, 0.25) is 13.9 Å². The van der Waals surface area contributed by atoms with Crippen molar-refractivity contribution >= 4 is 21.7 Å². The molecule has 2 atom stereocenters. The maximum absolute atomic E-state index is 11.0. The van der Waals surface area contributed by atoms with Gasteiger partial charge < -0.3 is 10.5 Å². The van der Waals surface area contributed by atoms with E-state index in [-0.39, 0.29) is 17.9 Å². The monoisotopic (exact) mass is 124 g/mol. The molecule has 0 saturated carbocycles. The molecule has 1 aliphatic rings. The minimum Gasteiger partial charge on any atom is -0.380 e. The van der Waals surface area contributed by atoms with Crippen molar-refractivity contribution < 1.29 is 4.79 Å². The highest BCUT2D eigenvalue weighted by Gasteiger charge is 2.30. The summed E-state index contributed by atoms with van der Waals surface area (Å²) in [4.78, 5) is 12.6. The Bertz CT molecular complexity index is 141. The van der Waals surface area contributed by atoms with Crippen LogP contribution < -0.4 is 5.73 Å². The molecular weight excluding hydrogens is 114 g/mol. The van der Waals surface area contributed by atoms with Crippen LogP contribution in [-0.4, -0.2) is 32.7 Å². The van der Waals surface area contributed by atoms with Gasteiger partial charge in [-0.15, -0.1) is 0 Å². The second-order valence-electron chi connectivity index (χ2n) is 2.65. The van der Waals surface area contributed by atoms with Gasteiger partial charge in [0.25, 0.3) is 0 Å². The maximum Gasteiger partial charge on any atom is 0.223 e. The van der Waals surface area contributed by atoms with Crippen molar-refractivity contribution in [2.75, 3.05) is 0 Å². The Labute approximate surface area is 56.4 Å². The fraction of sp³-hybridized carbons (Fsp3) is 0.750. The standard InChI is InChI=1S/C4H10B2N2O/c5-2-1-3(7)8(6)4(2)9/h2-3H,1,5-7H2. The molecule has 1 rings (SSSR count). The van der Waals surface area contributed by atoms with Crippen LogP contribution in [0.25, 0.3) is 0 Å². The summed E-state index contributed by atoms with van der Waals surface area (Å²) in [6.07, 6.45) is 0.752. The van der Waals surface area contributed by atoms with E-state index in [4.69, 9.17) is 5.73 Å². The molecule has 0 aromatic heterocycles. The highest BCUT2D eigenvalue weighted by atomic mass is 16.2. The van der Waals surface area contributed by atoms with E-state index in [1.165, 1.54) is 0 Å². The number of hydrogen-bond acceptors (Lipinski definition) is 2. The molecule has 48 valence electrons. The average Bonchev–Trinajstić information content (AvgIpc) is 1.98. The predicted octanol–water partition coefficient (Wildman–Crippen LogP) is -2.53. The zero-order chi connectivity index (χ0) is 7.02. The summed E-state index contributed by atoms with van der Waals surface area (Å²) in [5.74, 6) is 0.299. The molecule has 2 unspecified atom stereocenters. The molecule has 1 saturated heterocycles. The molecule has 0 spiro atoms. The van der Waals surface area contributed by atoms with Crippen LogP contribution in [0.4, 0.5) is 0 Å². The SMILES string of the molecule is BC1CC(N)N(B)C1=O. The van der Waals surface area contributed by atoms with Crippen molar-refractivity contribution in [1.29, 1.82) is 0 Å². The van der Waals surface area contributed by atoms with Gasteiger partial charge in [0.05, 0.1) is 6.17 Å². The van der Waals surface area contributed by atoms with Crippen molar-refractivity contribution in [3.05, 3.63) is 0 Å². The maximum atomic E-state index is 11.0. The molecule has 3 nitrogen and oxygen atoms in total. The molecule has 0 aliphatic carbocycles. The summed E-state index contributed by atoms with van der Waals surface area (Å²) in [5.41, 5.74) is 5.56. The minimum atomic E-state index is -0.0486. The summed E-state index contributed by atoms with van der Waals surface area (Å²) in [7, 11) is 3.65. The number of carbonyl (C=O) groups is 1. The first-order valence-corrected chi connectivity index (χ1v) is 3.15. The normalized spacial score (nSPS) is 35.7. The van der Waals surface area contributed by atoms with Gasteiger partial charge in [0, 0.05) is 5.82 Å². The molecule has 5 heteroatoms. The van der Waals surface area contributed by atoms with E-state index in [1.807, 2.05) is 7.85 Å². The second kappa shape index (κ2) is 2.06. The molecule has 1 fully saturated rings. The first-order chi connectivity index (χ1) is 4.13. The van der Waals surface area contributed by atoms with Gasteiger partial charge in [-0.05, 0) is 6.42 Å². The van der Waals surface area contributed by atoms with Crippen LogP contribution in [0.15, 0.2) is 0 Å². The van der Waals surface area contributed by atoms with Crippen LogP contribution in [0.5, 0.6) is 0 Å². The average molecular weight is 124 g/mol. The fourth-order valence-corrected chi connectivity index (χ4v) is 1.13. The number of nitrogens with zero attached hydrogens (tertiary/aromatic N) is 1. The van der Waals surface area contributed by atoms with E-state index in [0.29, 0.717) is 0 Å². The zero-order valence-electron chi connectivity index (χ0n) is 5.79. The van der Waals surface area contributed by atoms with E-state index < -0.39 is 0 Å². The van der Waals surface area contributed by atoms with Gasteiger partial charge in [-0.25, -0.2) is 0 Å². The Morgan fingerprint density at radius 1 is 1.78 bits per heavy atom. The van der Waals surface area contributed by atoms with Crippen LogP contribution in [0.1, 0.15) is 6.42 Å². The molecule has 1 amide bonds. The Hall–Kier alpha value is -0.440. The van der Waals surface area contributed by atoms with Crippen molar-refractivity contribution in [3.8, 4) is 0 Å². The topological polar surface area (TPSA) is 46.3 Å². The molecule has 0 aromatic carbocycles. The second-order valence-corrected chi connectivity index (χ2v) is 2.65. The van der Waals surface area contributed by atoms with Crippen molar-refractivity contribution in [2.24, 2.45) is 5.73 Å². The fourth-order valence-electron chi connectivity index (χ4n) is 1.13. The lowest BCUT2D eigenvalue weighted by atomic mass is 9.86. The number of nitrogens with two attached hydrogens (primary N) is 1. The third-order valence-corrected chi connectivity index (χ3v) is 1.86. The molecular formula is C4H10B2N2O. The van der Waals surface area contributed by atoms with Gasteiger partial charge >= 0.3 is 0 Å². The van der Waals surface area contributed by atoms with Crippen molar-refractivity contribution in [1.82, 2.24) is 4.81 Å². The third kappa shape index (κ3) is 0.965. The van der Waals surface area contributed by atoms with Gasteiger partial charge in [0.15, 0.2) is 0 Å². The molecule has 0 radical (unpaired) electrons. The highest BCUT2D eigenvalue weighted by Crippen LogP contribution is 2.20. The van der Waals surface area contributed by atoms with E-state index >= 15 is 0 Å². The van der Waals surface area contributed by atoms with Gasteiger partial charge in [-0.2, -0.15) is 0 Å². The summed E-state index contributed by atoms with van der Waals surface area (Å²) in [6, 6.07) is 0. The molecule has 0 bridgehead atoms. The third-order valence-electron chi connectivity index (χ3n) is 1.86. The van der Waals surface area contributed by atoms with Gasteiger partial charge in [-0.1, -0.05) is 0 Å². The molecule has 1 heterocycles. The van der Waals surface area contributed by atoms with Crippen LogP contribution in [0.3, 0.4) is 0 Å². The van der Waals surface area contributed by atoms with Gasteiger partial charge in [0.1, 0.15) is 7.85 Å². The number of carbonyl (C=O) groups excluding carboxylic acids is 1. The van der Waals surface area contributed by atoms with Crippen molar-refractivity contribution in [2.45, 2.75) is 18.4 Å². The first-order valence-electron chi connectivity index (χ1n) is 3.15. The largest absolute Gasteiger partial charge is 0.380 e. The summed E-state index contributed by atoms with van der Waals surface area (Å²) < 4.78 is 0. The quantitative estimate of drug-likeness (QED) is 0.362. The summed E-state index contributed by atoms with van der Waals surface area (Å²) >= 11 is 0. The Morgan fingerprint density at radius 3 is 2.44 bits per heavy atom. The highest BCUT2D eigenvalue weighted by molar-refractivity contribution is 6.29. The molecule has 2 N–H and O–H groups in total. The van der Waals surface area contributed by atoms with Crippen LogP contribution in [0, 0.1) is 0 Å². The molecule has 1 aliphatic heterocycles. The predicted molar refractivity (Wildman–Crippen MR) is 40.3 cm³/mol. The Balaban J connectivity index is 2.65. The van der Waals surface area contributed by atoms with Gasteiger partial charge in [-0.3, -0.25) is 4.79 Å². The number of hydrogen-bond donors (Lipinski definition) is 1. The Morgan fingerprint density at radius 2 is 2.33 bits per heavy atom. The number of amides is 1. The van der Waals surface area contributed by atoms with Crippen molar-refractivity contribution in [3.63, 3.8) is 0 Å². The lowest BCUT2D eigenvalue weighted by Gasteiger charge is -2.14. The van der Waals surface area contributed by atoms with E-state index in [0.717, 1.165) is 6.42 Å². The lowest BCUT2D eigenvalue weighted by molar-refractivity contribution is -0.124. The summed E-state index contributed by atoms with van der Waals surface area (Å²) in [5, 5.41) is 0. The van der Waals surface area contributed by atoms with E-state index in [2.05, 4.69) is 0 Å². The zero-order valence-corrected chi connectivity index (χ0v) is 5.79. The lowest BCUT2D eigenvalue weighted by Crippen LogP contribution is -2.36. The first kappa shape index (κ1) is 6.68. The smallest absolute Gasteiger partial charge is 0.223 e. The van der Waals surface area contributed by atoms with E-state index in [1.54, 1.807) is 12.8 Å². The Kier molecular flexibility index (Phi) is 1.53.